The molecule has 0 heterocycles. The minimum absolute atomic E-state index is 0.820. The van der Waals surface area contributed by atoms with Crippen molar-refractivity contribution in [2.24, 2.45) is 0 Å². The largest absolute Gasteiger partial charge is 0.494 e. The summed E-state index contributed by atoms with van der Waals surface area (Å²) in [6.45, 7) is 0.820. The van der Waals surface area contributed by atoms with Crippen molar-refractivity contribution in [3.63, 3.8) is 0 Å². The highest BCUT2D eigenvalue weighted by Gasteiger charge is 1.99. The van der Waals surface area contributed by atoms with Gasteiger partial charge in [0.05, 0.1) is 6.61 Å². The second-order valence-electron chi connectivity index (χ2n) is 5.31. The van der Waals surface area contributed by atoms with Crippen molar-refractivity contribution in [2.45, 2.75) is 38.5 Å². The van der Waals surface area contributed by atoms with E-state index in [0.717, 1.165) is 28.6 Å². The van der Waals surface area contributed by atoms with Gasteiger partial charge in [0.2, 0.25) is 0 Å². The molecule has 2 aromatic carbocycles. The molecular formula is C18H22Br2O. The molecule has 0 unspecified atom stereocenters. The smallest absolute Gasteiger partial charge is 0.119 e. The summed E-state index contributed by atoms with van der Waals surface area (Å²) >= 11 is 6.97. The molecule has 21 heavy (non-hydrogen) atoms. The second-order valence-corrected chi connectivity index (χ2v) is 7.02. The normalized spacial score (nSPS) is 11.0. The van der Waals surface area contributed by atoms with Crippen LogP contribution in [0.25, 0.3) is 10.8 Å². The minimum Gasteiger partial charge on any atom is -0.494 e. The molecule has 0 atom stereocenters. The van der Waals surface area contributed by atoms with E-state index in [4.69, 9.17) is 4.74 Å². The van der Waals surface area contributed by atoms with Gasteiger partial charge in [0.1, 0.15) is 5.75 Å². The third-order valence-electron chi connectivity index (χ3n) is 3.57. The summed E-state index contributed by atoms with van der Waals surface area (Å²) in [5, 5.41) is 3.60. The lowest BCUT2D eigenvalue weighted by Gasteiger charge is -2.07. The predicted molar refractivity (Wildman–Crippen MR) is 98.6 cm³/mol. The van der Waals surface area contributed by atoms with Crippen LogP contribution in [-0.4, -0.2) is 11.9 Å². The summed E-state index contributed by atoms with van der Waals surface area (Å²) in [5.41, 5.74) is 0. The second kappa shape index (κ2) is 9.47. The SMILES string of the molecule is BrCCCCCCCCOc1ccc2cc(Br)ccc2c1. The van der Waals surface area contributed by atoms with Crippen molar-refractivity contribution in [3.05, 3.63) is 40.9 Å². The number of benzene rings is 2. The van der Waals surface area contributed by atoms with Crippen molar-refractivity contribution < 1.29 is 4.74 Å². The molecule has 2 aromatic rings. The van der Waals surface area contributed by atoms with E-state index in [1.165, 1.54) is 42.9 Å². The molecule has 0 amide bonds. The summed E-state index contributed by atoms with van der Waals surface area (Å²) in [5.74, 6) is 0.976. The number of fused-ring (bicyclic) bond motifs is 1. The molecule has 0 aliphatic rings. The number of hydrogen-bond acceptors (Lipinski definition) is 1. The number of halogens is 2. The van der Waals surface area contributed by atoms with Crippen molar-refractivity contribution in [1.29, 1.82) is 0 Å². The van der Waals surface area contributed by atoms with Crippen molar-refractivity contribution >= 4 is 42.6 Å². The Morgan fingerprint density at radius 1 is 0.762 bits per heavy atom. The van der Waals surface area contributed by atoms with Crippen LogP contribution < -0.4 is 4.74 Å². The molecule has 0 saturated heterocycles. The van der Waals surface area contributed by atoms with E-state index in [0.29, 0.717) is 0 Å². The molecule has 3 heteroatoms. The molecule has 0 radical (unpaired) electrons. The average molecular weight is 414 g/mol. The standard InChI is InChI=1S/C18H22Br2O/c19-11-5-3-1-2-4-6-12-21-18-10-8-15-13-17(20)9-7-16(15)14-18/h7-10,13-14H,1-6,11-12H2. The van der Waals surface area contributed by atoms with Gasteiger partial charge in [-0.15, -0.1) is 0 Å². The summed E-state index contributed by atoms with van der Waals surface area (Å²) in [6, 6.07) is 12.6. The Kier molecular flexibility index (Phi) is 7.59. The third-order valence-corrected chi connectivity index (χ3v) is 4.62. The van der Waals surface area contributed by atoms with Crippen LogP contribution in [-0.2, 0) is 0 Å². The van der Waals surface area contributed by atoms with E-state index in [-0.39, 0.29) is 0 Å². The van der Waals surface area contributed by atoms with Crippen LogP contribution in [0.4, 0.5) is 0 Å². The first-order chi connectivity index (χ1) is 10.3. The number of rotatable bonds is 9. The maximum absolute atomic E-state index is 5.85. The Morgan fingerprint density at radius 2 is 1.43 bits per heavy atom. The van der Waals surface area contributed by atoms with Crippen LogP contribution in [0, 0.1) is 0 Å². The van der Waals surface area contributed by atoms with Crippen molar-refractivity contribution in [2.75, 3.05) is 11.9 Å². The first-order valence-electron chi connectivity index (χ1n) is 7.68. The third kappa shape index (κ3) is 5.99. The molecule has 1 nitrogen and oxygen atoms in total. The molecule has 114 valence electrons. The summed E-state index contributed by atoms with van der Waals surface area (Å²) < 4.78 is 6.97. The molecule has 0 fully saturated rings. The monoisotopic (exact) mass is 412 g/mol. The van der Waals surface area contributed by atoms with Gasteiger partial charge in [0.25, 0.3) is 0 Å². The highest BCUT2D eigenvalue weighted by molar-refractivity contribution is 9.10. The first-order valence-corrected chi connectivity index (χ1v) is 9.59. The van der Waals surface area contributed by atoms with Gasteiger partial charge in [0, 0.05) is 9.80 Å². The Balaban J connectivity index is 1.70. The van der Waals surface area contributed by atoms with Crippen LogP contribution in [0.3, 0.4) is 0 Å². The zero-order valence-electron chi connectivity index (χ0n) is 12.3. The highest BCUT2D eigenvalue weighted by Crippen LogP contribution is 2.24. The highest BCUT2D eigenvalue weighted by atomic mass is 79.9. The van der Waals surface area contributed by atoms with E-state index in [1.54, 1.807) is 0 Å². The van der Waals surface area contributed by atoms with Crippen LogP contribution in [0.15, 0.2) is 40.9 Å². The molecular weight excluding hydrogens is 392 g/mol. The van der Waals surface area contributed by atoms with E-state index in [9.17, 15) is 0 Å². The number of hydrogen-bond donors (Lipinski definition) is 0. The van der Waals surface area contributed by atoms with Crippen LogP contribution in [0.1, 0.15) is 38.5 Å². The van der Waals surface area contributed by atoms with Gasteiger partial charge in [-0.25, -0.2) is 0 Å². The topological polar surface area (TPSA) is 9.23 Å². The Hall–Kier alpha value is -0.540. The Bertz CT molecular complexity index is 554. The molecule has 0 saturated carbocycles. The van der Waals surface area contributed by atoms with Gasteiger partial charge >= 0.3 is 0 Å². The lowest BCUT2D eigenvalue weighted by molar-refractivity contribution is 0.305. The summed E-state index contributed by atoms with van der Waals surface area (Å²) in [7, 11) is 0. The first kappa shape index (κ1) is 16.8. The summed E-state index contributed by atoms with van der Waals surface area (Å²) in [6.07, 6.45) is 7.71. The van der Waals surface area contributed by atoms with E-state index in [2.05, 4.69) is 68.3 Å². The van der Waals surface area contributed by atoms with Gasteiger partial charge in [0.15, 0.2) is 0 Å². The fourth-order valence-corrected chi connectivity index (χ4v) is 3.15. The van der Waals surface area contributed by atoms with E-state index < -0.39 is 0 Å². The Morgan fingerprint density at radius 3 is 2.24 bits per heavy atom. The van der Waals surface area contributed by atoms with Crippen LogP contribution in [0.5, 0.6) is 5.75 Å². The molecule has 0 N–H and O–H groups in total. The minimum atomic E-state index is 0.820. The molecule has 0 aliphatic carbocycles. The lowest BCUT2D eigenvalue weighted by atomic mass is 10.1. The predicted octanol–water partition coefficient (Wildman–Crippen LogP) is 6.72. The number of unbranched alkanes of at least 4 members (excludes halogenated alkanes) is 5. The van der Waals surface area contributed by atoms with Gasteiger partial charge in [-0.05, 0) is 47.9 Å². The fraction of sp³-hybridized carbons (Fsp3) is 0.444. The fourth-order valence-electron chi connectivity index (χ4n) is 2.38. The molecule has 0 aliphatic heterocycles. The van der Waals surface area contributed by atoms with Crippen LogP contribution >= 0.6 is 31.9 Å². The van der Waals surface area contributed by atoms with E-state index >= 15 is 0 Å². The zero-order chi connectivity index (χ0) is 14.9. The van der Waals surface area contributed by atoms with Crippen molar-refractivity contribution in [1.82, 2.24) is 0 Å². The van der Waals surface area contributed by atoms with Gasteiger partial charge < -0.3 is 4.74 Å². The quantitative estimate of drug-likeness (QED) is 0.327. The molecule has 2 rings (SSSR count). The lowest BCUT2D eigenvalue weighted by Crippen LogP contribution is -1.97. The zero-order valence-corrected chi connectivity index (χ0v) is 15.5. The molecule has 0 spiro atoms. The maximum Gasteiger partial charge on any atom is 0.119 e. The van der Waals surface area contributed by atoms with Crippen molar-refractivity contribution in [3.8, 4) is 5.75 Å². The van der Waals surface area contributed by atoms with Gasteiger partial charge in [-0.3, -0.25) is 0 Å². The van der Waals surface area contributed by atoms with Gasteiger partial charge in [-0.1, -0.05) is 69.7 Å². The van der Waals surface area contributed by atoms with Gasteiger partial charge in [-0.2, -0.15) is 0 Å². The number of ether oxygens (including phenoxy) is 1. The van der Waals surface area contributed by atoms with Crippen LogP contribution in [0.2, 0.25) is 0 Å². The molecule has 0 aromatic heterocycles. The average Bonchev–Trinajstić information content (AvgIpc) is 2.50. The molecule has 0 bridgehead atoms. The van der Waals surface area contributed by atoms with E-state index in [1.807, 2.05) is 0 Å². The Labute approximate surface area is 144 Å². The maximum atomic E-state index is 5.85. The summed E-state index contributed by atoms with van der Waals surface area (Å²) in [4.78, 5) is 0. The number of alkyl halides is 1.